The van der Waals surface area contributed by atoms with E-state index in [-0.39, 0.29) is 0 Å². The van der Waals surface area contributed by atoms with Crippen LogP contribution in [0.5, 0.6) is 0 Å². The lowest BCUT2D eigenvalue weighted by molar-refractivity contribution is 0.863. The Bertz CT molecular complexity index is 287. The number of hydrogen-bond donors (Lipinski definition) is 0. The smallest absolute Gasteiger partial charge is 0.0819 e. The molecule has 0 unspecified atom stereocenters. The van der Waals surface area contributed by atoms with Crippen LogP contribution < -0.4 is 5.46 Å². The molecule has 0 aromatic heterocycles. The van der Waals surface area contributed by atoms with Gasteiger partial charge in [0.15, 0.2) is 6.71 Å². The molecule has 0 aliphatic heterocycles. The van der Waals surface area contributed by atoms with Crippen LogP contribution in [0.4, 0.5) is 0 Å². The Hall–Kier alpha value is -0.715. The summed E-state index contributed by atoms with van der Waals surface area (Å²) in [5.41, 5.74) is 4.48. The average molecular weight is 174 g/mol. The molecular formula is C12H19B. The van der Waals surface area contributed by atoms with E-state index in [4.69, 9.17) is 0 Å². The molecule has 0 fully saturated rings. The first kappa shape index (κ1) is 10.4. The Kier molecular flexibility index (Phi) is 3.19. The lowest BCUT2D eigenvalue weighted by atomic mass is 9.47. The second-order valence-corrected chi connectivity index (χ2v) is 4.39. The maximum Gasteiger partial charge on any atom is 0.169 e. The van der Waals surface area contributed by atoms with Gasteiger partial charge >= 0.3 is 0 Å². The molecule has 0 radical (unpaired) electrons. The van der Waals surface area contributed by atoms with Crippen LogP contribution in [0, 0.1) is 6.92 Å². The van der Waals surface area contributed by atoms with Gasteiger partial charge in [0.05, 0.1) is 0 Å². The standard InChI is InChI=1S/C12H19B/c1-9(2)12-10(3)7-6-8-11(12)13(4)5/h6-9H,1-5H3. The average Bonchev–Trinajstić information content (AvgIpc) is 2.02. The van der Waals surface area contributed by atoms with Crippen LogP contribution in [0.3, 0.4) is 0 Å². The van der Waals surface area contributed by atoms with Crippen molar-refractivity contribution in [1.82, 2.24) is 0 Å². The number of benzene rings is 1. The Morgan fingerprint density at radius 3 is 2.15 bits per heavy atom. The molecule has 0 bridgehead atoms. The topological polar surface area (TPSA) is 0 Å². The summed E-state index contributed by atoms with van der Waals surface area (Å²) in [6.45, 7) is 11.9. The minimum Gasteiger partial charge on any atom is -0.0819 e. The predicted molar refractivity (Wildman–Crippen MR) is 62.4 cm³/mol. The Balaban J connectivity index is 3.26. The van der Waals surface area contributed by atoms with Crippen molar-refractivity contribution in [2.45, 2.75) is 40.3 Å². The molecular weight excluding hydrogens is 155 g/mol. The number of rotatable bonds is 2. The normalized spacial score (nSPS) is 10.6. The van der Waals surface area contributed by atoms with Gasteiger partial charge in [-0.15, -0.1) is 0 Å². The molecule has 0 atom stereocenters. The first-order chi connectivity index (χ1) is 6.04. The first-order valence-electron chi connectivity index (χ1n) is 5.13. The summed E-state index contributed by atoms with van der Waals surface area (Å²) in [6.07, 6.45) is 0. The third kappa shape index (κ3) is 2.15. The molecule has 0 aliphatic carbocycles. The molecule has 0 amide bonds. The molecule has 1 aromatic rings. The lowest BCUT2D eigenvalue weighted by Crippen LogP contribution is -2.28. The highest BCUT2D eigenvalue weighted by molar-refractivity contribution is 6.71. The maximum atomic E-state index is 2.27. The molecule has 1 rings (SSSR count). The van der Waals surface area contributed by atoms with Gasteiger partial charge in [-0.2, -0.15) is 0 Å². The Morgan fingerprint density at radius 1 is 1.15 bits per heavy atom. The zero-order valence-corrected chi connectivity index (χ0v) is 9.39. The Morgan fingerprint density at radius 2 is 1.77 bits per heavy atom. The van der Waals surface area contributed by atoms with E-state index < -0.39 is 0 Å². The van der Waals surface area contributed by atoms with E-state index in [0.717, 1.165) is 0 Å². The second-order valence-electron chi connectivity index (χ2n) is 4.39. The minimum absolute atomic E-state index is 0.636. The van der Waals surface area contributed by atoms with Gasteiger partial charge in [-0.25, -0.2) is 0 Å². The van der Waals surface area contributed by atoms with Crippen molar-refractivity contribution in [3.8, 4) is 0 Å². The van der Waals surface area contributed by atoms with Crippen molar-refractivity contribution in [1.29, 1.82) is 0 Å². The van der Waals surface area contributed by atoms with Gasteiger partial charge in [0, 0.05) is 0 Å². The van der Waals surface area contributed by atoms with Crippen LogP contribution in [0.1, 0.15) is 30.9 Å². The van der Waals surface area contributed by atoms with Crippen LogP contribution >= 0.6 is 0 Å². The summed E-state index contributed by atoms with van der Waals surface area (Å²) in [7, 11) is 0. The molecule has 0 saturated heterocycles. The van der Waals surface area contributed by atoms with Crippen LogP contribution in [-0.2, 0) is 0 Å². The number of aryl methyl sites for hydroxylation is 1. The summed E-state index contributed by atoms with van der Waals surface area (Å²) in [4.78, 5) is 0. The molecule has 1 aromatic carbocycles. The van der Waals surface area contributed by atoms with Gasteiger partial charge in [-0.1, -0.05) is 51.2 Å². The highest BCUT2D eigenvalue weighted by Gasteiger charge is 2.12. The third-order valence-corrected chi connectivity index (χ3v) is 2.56. The van der Waals surface area contributed by atoms with Crippen molar-refractivity contribution in [3.05, 3.63) is 29.3 Å². The quantitative estimate of drug-likeness (QED) is 0.604. The zero-order chi connectivity index (χ0) is 10.0. The van der Waals surface area contributed by atoms with Crippen molar-refractivity contribution in [2.24, 2.45) is 0 Å². The van der Waals surface area contributed by atoms with Crippen molar-refractivity contribution >= 4 is 12.2 Å². The first-order valence-corrected chi connectivity index (χ1v) is 5.13. The van der Waals surface area contributed by atoms with Gasteiger partial charge in [0.2, 0.25) is 0 Å². The second kappa shape index (κ2) is 4.00. The van der Waals surface area contributed by atoms with E-state index >= 15 is 0 Å². The van der Waals surface area contributed by atoms with Gasteiger partial charge in [-0.3, -0.25) is 0 Å². The summed E-state index contributed by atoms with van der Waals surface area (Å²) in [5, 5.41) is 0. The van der Waals surface area contributed by atoms with E-state index in [1.165, 1.54) is 16.6 Å². The van der Waals surface area contributed by atoms with Crippen LogP contribution in [-0.4, -0.2) is 6.71 Å². The van der Waals surface area contributed by atoms with Crippen LogP contribution in [0.15, 0.2) is 18.2 Å². The minimum atomic E-state index is 0.636. The lowest BCUT2D eigenvalue weighted by Gasteiger charge is -2.17. The molecule has 0 N–H and O–H groups in total. The molecule has 70 valence electrons. The molecule has 0 spiro atoms. The van der Waals surface area contributed by atoms with Gasteiger partial charge in [0.25, 0.3) is 0 Å². The van der Waals surface area contributed by atoms with E-state index in [1.807, 2.05) is 0 Å². The monoisotopic (exact) mass is 174 g/mol. The third-order valence-electron chi connectivity index (χ3n) is 2.56. The summed E-state index contributed by atoms with van der Waals surface area (Å²) < 4.78 is 0. The van der Waals surface area contributed by atoms with E-state index in [9.17, 15) is 0 Å². The highest BCUT2D eigenvalue weighted by atomic mass is 14.1. The summed E-state index contributed by atoms with van der Waals surface area (Å²) >= 11 is 0. The predicted octanol–water partition coefficient (Wildman–Crippen LogP) is 3.08. The van der Waals surface area contributed by atoms with E-state index in [1.54, 1.807) is 0 Å². The van der Waals surface area contributed by atoms with E-state index in [2.05, 4.69) is 52.6 Å². The Labute approximate surface area is 82.4 Å². The summed E-state index contributed by atoms with van der Waals surface area (Å²) in [6, 6.07) is 6.63. The molecule has 13 heavy (non-hydrogen) atoms. The SMILES string of the molecule is CB(C)c1cccc(C)c1C(C)C. The zero-order valence-electron chi connectivity index (χ0n) is 9.39. The van der Waals surface area contributed by atoms with Crippen LogP contribution in [0.25, 0.3) is 0 Å². The fourth-order valence-corrected chi connectivity index (χ4v) is 2.00. The van der Waals surface area contributed by atoms with Gasteiger partial charge in [0.1, 0.15) is 0 Å². The molecule has 0 saturated carbocycles. The van der Waals surface area contributed by atoms with Crippen LogP contribution in [0.2, 0.25) is 13.6 Å². The highest BCUT2D eigenvalue weighted by Crippen LogP contribution is 2.17. The van der Waals surface area contributed by atoms with Crippen molar-refractivity contribution < 1.29 is 0 Å². The summed E-state index contributed by atoms with van der Waals surface area (Å²) in [5.74, 6) is 0.638. The van der Waals surface area contributed by atoms with Gasteiger partial charge in [-0.05, 0) is 24.0 Å². The number of hydrogen-bond acceptors (Lipinski definition) is 0. The molecule has 1 heteroatoms. The fraction of sp³-hybridized carbons (Fsp3) is 0.500. The van der Waals surface area contributed by atoms with Crippen molar-refractivity contribution in [3.63, 3.8) is 0 Å². The molecule has 0 heterocycles. The van der Waals surface area contributed by atoms with Crippen molar-refractivity contribution in [2.75, 3.05) is 0 Å². The van der Waals surface area contributed by atoms with E-state index in [0.29, 0.717) is 12.6 Å². The largest absolute Gasteiger partial charge is 0.169 e. The maximum absolute atomic E-state index is 2.27. The molecule has 0 aliphatic rings. The molecule has 0 nitrogen and oxygen atoms in total. The van der Waals surface area contributed by atoms with Gasteiger partial charge < -0.3 is 0 Å². The fourth-order valence-electron chi connectivity index (χ4n) is 2.00.